The number of nitrogens with one attached hydrogen (secondary N) is 1. The molecule has 0 aliphatic carbocycles. The summed E-state index contributed by atoms with van der Waals surface area (Å²) in [6.45, 7) is 5.28. The van der Waals surface area contributed by atoms with Gasteiger partial charge in [-0.25, -0.2) is 0 Å². The predicted octanol–water partition coefficient (Wildman–Crippen LogP) is 2.30. The van der Waals surface area contributed by atoms with Crippen LogP contribution in [0.25, 0.3) is 0 Å². The van der Waals surface area contributed by atoms with Crippen LogP contribution in [-0.2, 0) is 0 Å². The lowest BCUT2D eigenvalue weighted by molar-refractivity contribution is 0.402. The van der Waals surface area contributed by atoms with Crippen LogP contribution in [0.2, 0.25) is 0 Å². The average molecular weight is 243 g/mol. The van der Waals surface area contributed by atoms with E-state index in [9.17, 15) is 5.26 Å². The van der Waals surface area contributed by atoms with E-state index in [1.807, 2.05) is 19.2 Å². The van der Waals surface area contributed by atoms with Crippen molar-refractivity contribution in [2.45, 2.75) is 19.8 Å². The molecule has 1 aromatic carbocycles. The van der Waals surface area contributed by atoms with Gasteiger partial charge < -0.3 is 10.2 Å². The van der Waals surface area contributed by atoms with E-state index in [4.69, 9.17) is 0 Å². The summed E-state index contributed by atoms with van der Waals surface area (Å²) in [4.78, 5) is 2.39. The van der Waals surface area contributed by atoms with Crippen LogP contribution in [0.15, 0.2) is 18.2 Å². The van der Waals surface area contributed by atoms with Gasteiger partial charge in [0, 0.05) is 13.1 Å². The van der Waals surface area contributed by atoms with Gasteiger partial charge in [-0.05, 0) is 50.9 Å². The van der Waals surface area contributed by atoms with Crippen molar-refractivity contribution in [1.29, 1.82) is 5.26 Å². The van der Waals surface area contributed by atoms with Gasteiger partial charge in [0.05, 0.1) is 11.3 Å². The van der Waals surface area contributed by atoms with Gasteiger partial charge >= 0.3 is 0 Å². The van der Waals surface area contributed by atoms with E-state index in [0.717, 1.165) is 30.9 Å². The fraction of sp³-hybridized carbons (Fsp3) is 0.533. The van der Waals surface area contributed by atoms with Crippen molar-refractivity contribution in [2.75, 3.05) is 31.6 Å². The Balaban J connectivity index is 2.23. The highest BCUT2D eigenvalue weighted by molar-refractivity contribution is 5.64. The smallest absolute Gasteiger partial charge is 0.101 e. The molecule has 1 atom stereocenters. The number of hydrogen-bond acceptors (Lipinski definition) is 3. The molecule has 96 valence electrons. The molecule has 1 saturated heterocycles. The molecular weight excluding hydrogens is 222 g/mol. The van der Waals surface area contributed by atoms with Gasteiger partial charge in [0.2, 0.25) is 0 Å². The van der Waals surface area contributed by atoms with Crippen molar-refractivity contribution in [3.63, 3.8) is 0 Å². The van der Waals surface area contributed by atoms with E-state index in [1.54, 1.807) is 0 Å². The zero-order valence-electron chi connectivity index (χ0n) is 11.2. The SMILES string of the molecule is CNCC1CCCN(c2c(C)cccc2C#N)C1. The van der Waals surface area contributed by atoms with Crippen molar-refractivity contribution >= 4 is 5.69 Å². The van der Waals surface area contributed by atoms with E-state index in [2.05, 4.69) is 29.3 Å². The quantitative estimate of drug-likeness (QED) is 0.885. The lowest BCUT2D eigenvalue weighted by atomic mass is 9.96. The molecular formula is C15H21N3. The second-order valence-electron chi connectivity index (χ2n) is 5.09. The van der Waals surface area contributed by atoms with Gasteiger partial charge in [0.15, 0.2) is 0 Å². The zero-order valence-corrected chi connectivity index (χ0v) is 11.2. The van der Waals surface area contributed by atoms with Crippen molar-refractivity contribution in [3.8, 4) is 6.07 Å². The van der Waals surface area contributed by atoms with Gasteiger partial charge in [-0.3, -0.25) is 0 Å². The standard InChI is InChI=1S/C15H21N3/c1-12-5-3-7-14(9-16)15(12)18-8-4-6-13(11-18)10-17-2/h3,5,7,13,17H,4,6,8,10-11H2,1-2H3. The lowest BCUT2D eigenvalue weighted by Gasteiger charge is -2.35. The summed E-state index contributed by atoms with van der Waals surface area (Å²) in [7, 11) is 2.01. The van der Waals surface area contributed by atoms with Crippen LogP contribution >= 0.6 is 0 Å². The molecule has 2 rings (SSSR count). The third-order valence-corrected chi connectivity index (χ3v) is 3.69. The van der Waals surface area contributed by atoms with Crippen molar-refractivity contribution < 1.29 is 0 Å². The highest BCUT2D eigenvalue weighted by Crippen LogP contribution is 2.29. The Bertz CT molecular complexity index is 446. The molecule has 0 spiro atoms. The first kappa shape index (κ1) is 12.9. The lowest BCUT2D eigenvalue weighted by Crippen LogP contribution is -2.39. The Morgan fingerprint density at radius 3 is 3.06 bits per heavy atom. The molecule has 1 fully saturated rings. The van der Waals surface area contributed by atoms with Crippen molar-refractivity contribution in [2.24, 2.45) is 5.92 Å². The number of piperidine rings is 1. The summed E-state index contributed by atoms with van der Waals surface area (Å²) in [6.07, 6.45) is 2.50. The normalized spacial score (nSPS) is 19.6. The molecule has 1 heterocycles. The first-order valence-electron chi connectivity index (χ1n) is 6.65. The van der Waals surface area contributed by atoms with Crippen molar-refractivity contribution in [1.82, 2.24) is 5.32 Å². The Hall–Kier alpha value is -1.53. The average Bonchev–Trinajstić information content (AvgIpc) is 2.39. The second-order valence-corrected chi connectivity index (χ2v) is 5.09. The van der Waals surface area contributed by atoms with E-state index in [0.29, 0.717) is 5.92 Å². The number of para-hydroxylation sites is 1. The molecule has 0 amide bonds. The number of nitriles is 1. The maximum Gasteiger partial charge on any atom is 0.101 e. The molecule has 1 aliphatic rings. The van der Waals surface area contributed by atoms with Crippen LogP contribution in [0.5, 0.6) is 0 Å². The molecule has 1 aliphatic heterocycles. The third kappa shape index (κ3) is 2.65. The molecule has 1 aromatic rings. The maximum absolute atomic E-state index is 9.25. The topological polar surface area (TPSA) is 39.1 Å². The summed E-state index contributed by atoms with van der Waals surface area (Å²) in [5, 5.41) is 12.5. The van der Waals surface area contributed by atoms with E-state index in [-0.39, 0.29) is 0 Å². The minimum atomic E-state index is 0.690. The Morgan fingerprint density at radius 2 is 2.33 bits per heavy atom. The minimum Gasteiger partial charge on any atom is -0.370 e. The van der Waals surface area contributed by atoms with E-state index >= 15 is 0 Å². The monoisotopic (exact) mass is 243 g/mol. The summed E-state index contributed by atoms with van der Waals surface area (Å²) in [5.41, 5.74) is 3.15. The number of benzene rings is 1. The molecule has 0 aromatic heterocycles. The van der Waals surface area contributed by atoms with Gasteiger partial charge in [0.25, 0.3) is 0 Å². The van der Waals surface area contributed by atoms with Crippen LogP contribution in [0.3, 0.4) is 0 Å². The molecule has 18 heavy (non-hydrogen) atoms. The third-order valence-electron chi connectivity index (χ3n) is 3.69. The van der Waals surface area contributed by atoms with Gasteiger partial charge in [0.1, 0.15) is 6.07 Å². The molecule has 1 unspecified atom stereocenters. The first-order valence-corrected chi connectivity index (χ1v) is 6.65. The Morgan fingerprint density at radius 1 is 1.50 bits per heavy atom. The molecule has 1 N–H and O–H groups in total. The van der Waals surface area contributed by atoms with Crippen LogP contribution in [0, 0.1) is 24.2 Å². The predicted molar refractivity (Wildman–Crippen MR) is 74.8 cm³/mol. The number of anilines is 1. The first-order chi connectivity index (χ1) is 8.76. The minimum absolute atomic E-state index is 0.690. The molecule has 3 nitrogen and oxygen atoms in total. The number of nitrogens with zero attached hydrogens (tertiary/aromatic N) is 2. The van der Waals surface area contributed by atoms with E-state index < -0.39 is 0 Å². The number of hydrogen-bond donors (Lipinski definition) is 1. The maximum atomic E-state index is 9.25. The van der Waals surface area contributed by atoms with Crippen LogP contribution in [-0.4, -0.2) is 26.7 Å². The fourth-order valence-electron chi connectivity index (χ4n) is 2.89. The van der Waals surface area contributed by atoms with Crippen molar-refractivity contribution in [3.05, 3.63) is 29.3 Å². The summed E-state index contributed by atoms with van der Waals surface area (Å²) >= 11 is 0. The van der Waals surface area contributed by atoms with Crippen LogP contribution in [0.1, 0.15) is 24.0 Å². The summed E-state index contributed by atoms with van der Waals surface area (Å²) < 4.78 is 0. The molecule has 3 heteroatoms. The molecule has 0 saturated carbocycles. The van der Waals surface area contributed by atoms with Gasteiger partial charge in [-0.1, -0.05) is 12.1 Å². The molecule has 0 bridgehead atoms. The molecule has 0 radical (unpaired) electrons. The Labute approximate surface area is 109 Å². The van der Waals surface area contributed by atoms with E-state index in [1.165, 1.54) is 18.4 Å². The number of rotatable bonds is 3. The second kappa shape index (κ2) is 5.88. The Kier molecular flexibility index (Phi) is 4.22. The number of aryl methyl sites for hydroxylation is 1. The largest absolute Gasteiger partial charge is 0.370 e. The van der Waals surface area contributed by atoms with Gasteiger partial charge in [-0.15, -0.1) is 0 Å². The van der Waals surface area contributed by atoms with Crippen LogP contribution in [0.4, 0.5) is 5.69 Å². The van der Waals surface area contributed by atoms with Crippen LogP contribution < -0.4 is 10.2 Å². The summed E-state index contributed by atoms with van der Waals surface area (Å²) in [5.74, 6) is 0.690. The highest BCUT2D eigenvalue weighted by Gasteiger charge is 2.22. The fourth-order valence-corrected chi connectivity index (χ4v) is 2.89. The summed E-state index contributed by atoms with van der Waals surface area (Å²) in [6, 6.07) is 8.30. The highest BCUT2D eigenvalue weighted by atomic mass is 15.1. The zero-order chi connectivity index (χ0) is 13.0. The van der Waals surface area contributed by atoms with Gasteiger partial charge in [-0.2, -0.15) is 5.26 Å².